The van der Waals surface area contributed by atoms with Gasteiger partial charge in [-0.1, -0.05) is 37.1 Å². The summed E-state index contributed by atoms with van der Waals surface area (Å²) in [6.07, 6.45) is 6.48. The number of unbranched alkanes of at least 4 members (excludes halogenated alkanes) is 1. The number of aryl methyl sites for hydroxylation is 1. The molecule has 39 heavy (non-hydrogen) atoms. The van der Waals surface area contributed by atoms with E-state index in [-0.39, 0.29) is 11.7 Å². The Labute approximate surface area is 234 Å². The molecule has 0 aliphatic carbocycles. The van der Waals surface area contributed by atoms with Gasteiger partial charge in [0.05, 0.1) is 0 Å². The van der Waals surface area contributed by atoms with Crippen molar-refractivity contribution in [2.45, 2.75) is 39.2 Å². The molecule has 0 saturated carbocycles. The zero-order valence-electron chi connectivity index (χ0n) is 22.3. The summed E-state index contributed by atoms with van der Waals surface area (Å²) in [7, 11) is 0. The van der Waals surface area contributed by atoms with Gasteiger partial charge < -0.3 is 19.5 Å². The first kappa shape index (κ1) is 27.0. The number of benzene rings is 3. The maximum atomic E-state index is 13.7. The van der Waals surface area contributed by atoms with Crippen LogP contribution < -0.4 is 10.1 Å². The van der Waals surface area contributed by atoms with Gasteiger partial charge in [0.1, 0.15) is 11.5 Å². The van der Waals surface area contributed by atoms with E-state index in [1.165, 1.54) is 12.8 Å². The average Bonchev–Trinajstić information content (AvgIpc) is 3.61. The highest BCUT2D eigenvalue weighted by molar-refractivity contribution is 6.30. The normalized spacial score (nSPS) is 13.6. The number of rotatable bonds is 11. The van der Waals surface area contributed by atoms with Gasteiger partial charge >= 0.3 is 0 Å². The first-order chi connectivity index (χ1) is 19.0. The highest BCUT2D eigenvalue weighted by Crippen LogP contribution is 2.31. The summed E-state index contributed by atoms with van der Waals surface area (Å²) in [6, 6.07) is 20.0. The van der Waals surface area contributed by atoms with Crippen molar-refractivity contribution in [3.63, 3.8) is 0 Å². The number of carbonyl (C=O) groups excluding carboxylic acids is 2. The SMILES string of the molecule is CCCCn1cc(C(=O)c2ccc(C(=O)NCCN3CCCC3)cc2)c2cc(Oc3ccc(Cl)cc3)ccc21. The van der Waals surface area contributed by atoms with E-state index < -0.39 is 0 Å². The molecule has 0 bridgehead atoms. The molecule has 7 heteroatoms. The molecule has 0 atom stereocenters. The van der Waals surface area contributed by atoms with Crippen LogP contribution in [-0.4, -0.2) is 47.3 Å². The Morgan fingerprint density at radius 3 is 2.31 bits per heavy atom. The number of aromatic nitrogens is 1. The van der Waals surface area contributed by atoms with E-state index >= 15 is 0 Å². The van der Waals surface area contributed by atoms with Crippen molar-refractivity contribution < 1.29 is 14.3 Å². The lowest BCUT2D eigenvalue weighted by Gasteiger charge is -2.14. The number of nitrogens with one attached hydrogen (secondary N) is 1. The van der Waals surface area contributed by atoms with Crippen molar-refractivity contribution in [3.05, 3.63) is 94.6 Å². The molecule has 1 aliphatic rings. The van der Waals surface area contributed by atoms with Crippen LogP contribution >= 0.6 is 11.6 Å². The number of amides is 1. The van der Waals surface area contributed by atoms with Gasteiger partial charge in [-0.25, -0.2) is 0 Å². The Kier molecular flexibility index (Phi) is 8.64. The highest BCUT2D eigenvalue weighted by atomic mass is 35.5. The number of fused-ring (bicyclic) bond motifs is 1. The summed E-state index contributed by atoms with van der Waals surface area (Å²) in [5.41, 5.74) is 2.70. The lowest BCUT2D eigenvalue weighted by atomic mass is 10.0. The molecule has 1 aromatic heterocycles. The molecule has 2 heterocycles. The fourth-order valence-corrected chi connectivity index (χ4v) is 5.16. The smallest absolute Gasteiger partial charge is 0.251 e. The Morgan fingerprint density at radius 1 is 0.897 bits per heavy atom. The second-order valence-electron chi connectivity index (χ2n) is 10.0. The molecule has 0 spiro atoms. The largest absolute Gasteiger partial charge is 0.457 e. The third-order valence-electron chi connectivity index (χ3n) is 7.22. The van der Waals surface area contributed by atoms with Gasteiger partial charge in [0.2, 0.25) is 0 Å². The monoisotopic (exact) mass is 543 g/mol. The van der Waals surface area contributed by atoms with Crippen molar-refractivity contribution in [2.24, 2.45) is 0 Å². The van der Waals surface area contributed by atoms with E-state index in [0.717, 1.165) is 49.9 Å². The minimum Gasteiger partial charge on any atom is -0.457 e. The number of ketones is 1. The number of hydrogen-bond acceptors (Lipinski definition) is 4. The van der Waals surface area contributed by atoms with Crippen LogP contribution in [0.25, 0.3) is 10.9 Å². The number of ether oxygens (including phenoxy) is 1. The second-order valence-corrected chi connectivity index (χ2v) is 10.5. The molecule has 4 aromatic rings. The number of hydrogen-bond donors (Lipinski definition) is 1. The standard InChI is InChI=1S/C32H34ClN3O3/c1-2-3-19-36-22-29(28-21-27(14-15-30(28)36)39-26-12-10-25(33)11-13-26)31(37)23-6-8-24(9-7-23)32(38)34-16-20-35-17-4-5-18-35/h6-15,21-22H,2-5,16-20H2,1H3,(H,34,38). The van der Waals surface area contributed by atoms with Crippen molar-refractivity contribution in [1.29, 1.82) is 0 Å². The number of nitrogens with zero attached hydrogens (tertiary/aromatic N) is 2. The van der Waals surface area contributed by atoms with E-state index in [0.29, 0.717) is 39.8 Å². The van der Waals surface area contributed by atoms with Crippen molar-refractivity contribution in [2.75, 3.05) is 26.2 Å². The number of likely N-dealkylation sites (tertiary alicyclic amines) is 1. The first-order valence-corrected chi connectivity index (χ1v) is 14.1. The van der Waals surface area contributed by atoms with E-state index in [1.807, 2.05) is 36.5 Å². The molecule has 202 valence electrons. The predicted octanol–water partition coefficient (Wildman–Crippen LogP) is 6.94. The molecule has 3 aromatic carbocycles. The van der Waals surface area contributed by atoms with Crippen molar-refractivity contribution in [3.8, 4) is 11.5 Å². The summed E-state index contributed by atoms with van der Waals surface area (Å²) in [4.78, 5) is 28.7. The molecule has 1 aliphatic heterocycles. The van der Waals surface area contributed by atoms with Gasteiger partial charge in [0.15, 0.2) is 5.78 Å². The van der Waals surface area contributed by atoms with Gasteiger partial charge in [-0.15, -0.1) is 0 Å². The molecule has 1 N–H and O–H groups in total. The van der Waals surface area contributed by atoms with Crippen LogP contribution in [0.4, 0.5) is 0 Å². The van der Waals surface area contributed by atoms with Gasteiger partial charge in [-0.05, 0) is 86.9 Å². The second kappa shape index (κ2) is 12.5. The molecule has 6 nitrogen and oxygen atoms in total. The van der Waals surface area contributed by atoms with Crippen LogP contribution in [0.2, 0.25) is 5.02 Å². The molecule has 1 fully saturated rings. The molecule has 5 rings (SSSR count). The number of halogens is 1. The Morgan fingerprint density at radius 2 is 1.59 bits per heavy atom. The van der Waals surface area contributed by atoms with Gasteiger partial charge in [-0.3, -0.25) is 9.59 Å². The highest BCUT2D eigenvalue weighted by Gasteiger charge is 2.19. The van der Waals surface area contributed by atoms with Gasteiger partial charge in [0.25, 0.3) is 5.91 Å². The maximum absolute atomic E-state index is 13.7. The molecule has 0 radical (unpaired) electrons. The first-order valence-electron chi connectivity index (χ1n) is 13.7. The molecule has 1 saturated heterocycles. The van der Waals surface area contributed by atoms with E-state index in [1.54, 1.807) is 36.4 Å². The van der Waals surface area contributed by atoms with Gasteiger partial charge in [-0.2, -0.15) is 0 Å². The molecular weight excluding hydrogens is 510 g/mol. The van der Waals surface area contributed by atoms with E-state index in [2.05, 4.69) is 21.7 Å². The zero-order chi connectivity index (χ0) is 27.2. The Bertz CT molecular complexity index is 1440. The van der Waals surface area contributed by atoms with E-state index in [9.17, 15) is 9.59 Å². The summed E-state index contributed by atoms with van der Waals surface area (Å²) in [5, 5.41) is 4.47. The van der Waals surface area contributed by atoms with Crippen molar-refractivity contribution in [1.82, 2.24) is 14.8 Å². The summed E-state index contributed by atoms with van der Waals surface area (Å²) >= 11 is 6.01. The fourth-order valence-electron chi connectivity index (χ4n) is 5.04. The van der Waals surface area contributed by atoms with Crippen LogP contribution in [0, 0.1) is 0 Å². The third kappa shape index (κ3) is 6.52. The van der Waals surface area contributed by atoms with Crippen LogP contribution in [0.15, 0.2) is 72.9 Å². The average molecular weight is 544 g/mol. The Balaban J connectivity index is 1.35. The number of carbonyl (C=O) groups is 2. The minimum atomic E-state index is -0.117. The van der Waals surface area contributed by atoms with E-state index in [4.69, 9.17) is 16.3 Å². The molecule has 1 amide bonds. The Hall–Kier alpha value is -3.61. The molecule has 0 unspecified atom stereocenters. The van der Waals surface area contributed by atoms with Crippen LogP contribution in [0.3, 0.4) is 0 Å². The summed E-state index contributed by atoms with van der Waals surface area (Å²) in [6.45, 7) is 6.69. The lowest BCUT2D eigenvalue weighted by Crippen LogP contribution is -2.33. The predicted molar refractivity (Wildman–Crippen MR) is 156 cm³/mol. The molecular formula is C32H34ClN3O3. The van der Waals surface area contributed by atoms with Gasteiger partial charge in [0, 0.05) is 58.4 Å². The minimum absolute atomic E-state index is 0.0834. The van der Waals surface area contributed by atoms with Crippen LogP contribution in [-0.2, 0) is 6.54 Å². The third-order valence-corrected chi connectivity index (χ3v) is 7.47. The van der Waals surface area contributed by atoms with Crippen LogP contribution in [0.5, 0.6) is 11.5 Å². The van der Waals surface area contributed by atoms with Crippen LogP contribution in [0.1, 0.15) is 58.9 Å². The zero-order valence-corrected chi connectivity index (χ0v) is 23.0. The topological polar surface area (TPSA) is 63.6 Å². The summed E-state index contributed by atoms with van der Waals surface area (Å²) in [5.74, 6) is 1.12. The summed E-state index contributed by atoms with van der Waals surface area (Å²) < 4.78 is 8.19. The van der Waals surface area contributed by atoms with Crippen molar-refractivity contribution >= 4 is 34.2 Å². The quantitative estimate of drug-likeness (QED) is 0.208. The maximum Gasteiger partial charge on any atom is 0.251 e. The fraction of sp³-hybridized carbons (Fsp3) is 0.312. The lowest BCUT2D eigenvalue weighted by molar-refractivity contribution is 0.0948.